The Labute approximate surface area is 191 Å². The molecular weight excluding hydrogens is 462 g/mol. The minimum atomic E-state index is -4.75. The smallest absolute Gasteiger partial charge is 0.391 e. The van der Waals surface area contributed by atoms with Gasteiger partial charge in [-0.05, 0) is 38.1 Å². The molecule has 3 heterocycles. The molecule has 1 saturated heterocycles. The van der Waals surface area contributed by atoms with Crippen molar-refractivity contribution in [1.82, 2.24) is 14.5 Å². The summed E-state index contributed by atoms with van der Waals surface area (Å²) >= 11 is 5.94. The molecule has 33 heavy (non-hydrogen) atoms. The first-order valence-electron chi connectivity index (χ1n) is 9.94. The van der Waals surface area contributed by atoms with Gasteiger partial charge in [0.05, 0.1) is 28.4 Å². The first-order chi connectivity index (χ1) is 15.5. The number of hydrogen-bond acceptors (Lipinski definition) is 5. The number of halogens is 5. The van der Waals surface area contributed by atoms with Crippen molar-refractivity contribution in [3.05, 3.63) is 69.6 Å². The van der Waals surface area contributed by atoms with Crippen LogP contribution in [0.3, 0.4) is 0 Å². The standard InChI is InChI=1S/C22H18ClF4N5O/c1-11-5-16(22(25,26)27)15(8-28)20(29-11)32-10-14(33)7-19(32)21-30-12(2)9-31(21)13-3-4-18(24)17(23)6-13/h3-6,9,14,19,33H,7,10H2,1-2H3/t14-,19-/m0/s1. The van der Waals surface area contributed by atoms with E-state index in [1.807, 2.05) is 0 Å². The Morgan fingerprint density at radius 2 is 1.91 bits per heavy atom. The molecule has 172 valence electrons. The van der Waals surface area contributed by atoms with E-state index in [0.29, 0.717) is 17.2 Å². The van der Waals surface area contributed by atoms with Crippen LogP contribution in [0.15, 0.2) is 30.5 Å². The highest BCUT2D eigenvalue weighted by Gasteiger charge is 2.41. The highest BCUT2D eigenvalue weighted by atomic mass is 35.5. The molecule has 4 rings (SSSR count). The van der Waals surface area contributed by atoms with Crippen molar-refractivity contribution in [2.75, 3.05) is 11.4 Å². The predicted octanol–water partition coefficient (Wildman–Crippen LogP) is 4.88. The van der Waals surface area contributed by atoms with Crippen LogP contribution >= 0.6 is 11.6 Å². The average molecular weight is 480 g/mol. The molecule has 0 saturated carbocycles. The van der Waals surface area contributed by atoms with Crippen LogP contribution in [0.4, 0.5) is 23.4 Å². The van der Waals surface area contributed by atoms with Crippen LogP contribution in [0.25, 0.3) is 5.69 Å². The molecule has 1 aromatic carbocycles. The second-order valence-corrected chi connectivity index (χ2v) is 8.29. The van der Waals surface area contributed by atoms with Crippen LogP contribution in [0, 0.1) is 31.0 Å². The number of nitriles is 1. The van der Waals surface area contributed by atoms with E-state index < -0.39 is 35.3 Å². The maximum atomic E-state index is 13.7. The third-order valence-corrected chi connectivity index (χ3v) is 5.72. The lowest BCUT2D eigenvalue weighted by Gasteiger charge is -2.27. The molecule has 1 aliphatic rings. The Bertz CT molecular complexity index is 1270. The monoisotopic (exact) mass is 479 g/mol. The predicted molar refractivity (Wildman–Crippen MR) is 113 cm³/mol. The molecule has 6 nitrogen and oxygen atoms in total. The molecule has 0 unspecified atom stereocenters. The molecule has 2 atom stereocenters. The Hall–Kier alpha value is -3.16. The zero-order valence-corrected chi connectivity index (χ0v) is 18.3. The summed E-state index contributed by atoms with van der Waals surface area (Å²) in [5, 5.41) is 19.9. The van der Waals surface area contributed by atoms with E-state index in [-0.39, 0.29) is 29.5 Å². The molecule has 0 spiro atoms. The largest absolute Gasteiger partial charge is 0.417 e. The molecule has 0 radical (unpaired) electrons. The average Bonchev–Trinajstić information content (AvgIpc) is 3.31. The number of nitrogens with zero attached hydrogens (tertiary/aromatic N) is 5. The minimum Gasteiger partial charge on any atom is -0.391 e. The number of β-amino-alcohol motifs (C(OH)–C–C–N with tert-alkyl or cyclic N) is 1. The molecule has 1 N–H and O–H groups in total. The van der Waals surface area contributed by atoms with Crippen LogP contribution < -0.4 is 4.90 Å². The molecule has 11 heteroatoms. The summed E-state index contributed by atoms with van der Waals surface area (Å²) < 4.78 is 56.2. The van der Waals surface area contributed by atoms with Crippen molar-refractivity contribution in [3.63, 3.8) is 0 Å². The zero-order chi connectivity index (χ0) is 24.1. The van der Waals surface area contributed by atoms with Crippen LogP contribution in [0.2, 0.25) is 5.02 Å². The van der Waals surface area contributed by atoms with E-state index in [1.165, 1.54) is 30.0 Å². The molecule has 0 aliphatic carbocycles. The summed E-state index contributed by atoms with van der Waals surface area (Å²) in [6.45, 7) is 3.10. The Morgan fingerprint density at radius 3 is 2.55 bits per heavy atom. The van der Waals surface area contributed by atoms with Crippen molar-refractivity contribution in [2.45, 2.75) is 38.6 Å². The molecule has 0 bridgehead atoms. The fraction of sp³-hybridized carbons (Fsp3) is 0.318. The number of pyridine rings is 1. The number of alkyl halides is 3. The van der Waals surface area contributed by atoms with Gasteiger partial charge >= 0.3 is 6.18 Å². The summed E-state index contributed by atoms with van der Waals surface area (Å²) in [7, 11) is 0. The lowest BCUT2D eigenvalue weighted by Crippen LogP contribution is -2.29. The number of aliphatic hydroxyl groups is 1. The maximum Gasteiger partial charge on any atom is 0.417 e. The van der Waals surface area contributed by atoms with E-state index in [2.05, 4.69) is 9.97 Å². The summed E-state index contributed by atoms with van der Waals surface area (Å²) in [6.07, 6.45) is -3.81. The summed E-state index contributed by atoms with van der Waals surface area (Å²) in [5.41, 5.74) is -0.529. The van der Waals surface area contributed by atoms with Crippen LogP contribution in [0.1, 0.15) is 40.8 Å². The van der Waals surface area contributed by atoms with E-state index in [1.54, 1.807) is 23.8 Å². The molecule has 1 fully saturated rings. The van der Waals surface area contributed by atoms with Gasteiger partial charge in [-0.3, -0.25) is 0 Å². The number of hydrogen-bond donors (Lipinski definition) is 1. The lowest BCUT2D eigenvalue weighted by atomic mass is 10.1. The third-order valence-electron chi connectivity index (χ3n) is 5.43. The Balaban J connectivity index is 1.87. The fourth-order valence-electron chi connectivity index (χ4n) is 4.08. The Kier molecular flexibility index (Phi) is 5.80. The van der Waals surface area contributed by atoms with Gasteiger partial charge in [0, 0.05) is 30.5 Å². The molecule has 1 aliphatic heterocycles. The SMILES string of the molecule is Cc1cc(C(F)(F)F)c(C#N)c(N2C[C@@H](O)C[C@H]2c2nc(C)cn2-c2ccc(F)c(Cl)c2)n1. The maximum absolute atomic E-state index is 13.7. The van der Waals surface area contributed by atoms with Gasteiger partial charge in [-0.15, -0.1) is 0 Å². The van der Waals surface area contributed by atoms with E-state index in [9.17, 15) is 27.9 Å². The second kappa shape index (κ2) is 8.32. The van der Waals surface area contributed by atoms with Crippen LogP contribution in [-0.4, -0.2) is 32.3 Å². The van der Waals surface area contributed by atoms with Gasteiger partial charge in [0.2, 0.25) is 0 Å². The lowest BCUT2D eigenvalue weighted by molar-refractivity contribution is -0.137. The van der Waals surface area contributed by atoms with Gasteiger partial charge in [-0.2, -0.15) is 18.4 Å². The van der Waals surface area contributed by atoms with E-state index in [4.69, 9.17) is 11.6 Å². The second-order valence-electron chi connectivity index (χ2n) is 7.89. The number of benzene rings is 1. The minimum absolute atomic E-state index is 0.0385. The van der Waals surface area contributed by atoms with Gasteiger partial charge in [0.25, 0.3) is 0 Å². The fourth-order valence-corrected chi connectivity index (χ4v) is 4.26. The molecule has 2 aromatic heterocycles. The van der Waals surface area contributed by atoms with Gasteiger partial charge in [-0.1, -0.05) is 11.6 Å². The molecular formula is C22H18ClF4N5O. The number of aromatic nitrogens is 3. The van der Waals surface area contributed by atoms with Crippen molar-refractivity contribution in [3.8, 4) is 11.8 Å². The normalized spacial score (nSPS) is 18.6. The number of rotatable bonds is 3. The molecule has 3 aromatic rings. The van der Waals surface area contributed by atoms with Gasteiger partial charge in [0.1, 0.15) is 29.1 Å². The van der Waals surface area contributed by atoms with Gasteiger partial charge in [-0.25, -0.2) is 14.4 Å². The van der Waals surface area contributed by atoms with Crippen molar-refractivity contribution in [1.29, 1.82) is 5.26 Å². The number of aryl methyl sites for hydroxylation is 2. The zero-order valence-electron chi connectivity index (χ0n) is 17.5. The van der Waals surface area contributed by atoms with E-state index in [0.717, 1.165) is 6.07 Å². The summed E-state index contributed by atoms with van der Waals surface area (Å²) in [5.74, 6) is -0.373. The van der Waals surface area contributed by atoms with Gasteiger partial charge in [0.15, 0.2) is 0 Å². The number of imidazole rings is 1. The Morgan fingerprint density at radius 1 is 1.18 bits per heavy atom. The van der Waals surface area contributed by atoms with Crippen molar-refractivity contribution in [2.24, 2.45) is 0 Å². The summed E-state index contributed by atoms with van der Waals surface area (Å²) in [4.78, 5) is 10.2. The van der Waals surface area contributed by atoms with Crippen molar-refractivity contribution < 1.29 is 22.7 Å². The highest BCUT2D eigenvalue weighted by molar-refractivity contribution is 6.30. The first kappa shape index (κ1) is 23.0. The van der Waals surface area contributed by atoms with Crippen LogP contribution in [0.5, 0.6) is 0 Å². The highest BCUT2D eigenvalue weighted by Crippen LogP contribution is 2.41. The van der Waals surface area contributed by atoms with E-state index >= 15 is 0 Å². The quantitative estimate of drug-likeness (QED) is 0.542. The third kappa shape index (κ3) is 4.26. The van der Waals surface area contributed by atoms with Crippen LogP contribution in [-0.2, 0) is 6.18 Å². The van der Waals surface area contributed by atoms with Crippen molar-refractivity contribution >= 4 is 17.4 Å². The molecule has 0 amide bonds. The summed E-state index contributed by atoms with van der Waals surface area (Å²) in [6, 6.07) is 5.87. The number of aliphatic hydroxyl groups excluding tert-OH is 1. The topological polar surface area (TPSA) is 78.0 Å². The number of anilines is 1. The van der Waals surface area contributed by atoms with Gasteiger partial charge < -0.3 is 14.6 Å². The first-order valence-corrected chi connectivity index (χ1v) is 10.3.